The zero-order chi connectivity index (χ0) is 14.0. The predicted molar refractivity (Wildman–Crippen MR) is 71.2 cm³/mol. The Labute approximate surface area is 111 Å². The molecule has 0 bridgehead atoms. The summed E-state index contributed by atoms with van der Waals surface area (Å²) in [6, 6.07) is 1.50. The molecule has 2 N–H and O–H groups in total. The minimum absolute atomic E-state index is 0.157. The summed E-state index contributed by atoms with van der Waals surface area (Å²) in [5.41, 5.74) is 1.53. The molecule has 3 rings (SSSR count). The Morgan fingerprint density at radius 2 is 1.95 bits per heavy atom. The van der Waals surface area contributed by atoms with Crippen LogP contribution in [0.25, 0.3) is 11.2 Å². The van der Waals surface area contributed by atoms with E-state index in [-0.39, 0.29) is 16.4 Å². The number of fused-ring (bicyclic) bond motifs is 1. The lowest BCUT2D eigenvalue weighted by Crippen LogP contribution is -1.98. The van der Waals surface area contributed by atoms with E-state index in [1.54, 1.807) is 0 Å². The van der Waals surface area contributed by atoms with Gasteiger partial charge in [-0.2, -0.15) is 0 Å². The van der Waals surface area contributed by atoms with Gasteiger partial charge in [0.05, 0.1) is 11.1 Å². The molecule has 0 spiro atoms. The van der Waals surface area contributed by atoms with Gasteiger partial charge < -0.3 is 10.1 Å². The molecule has 19 heavy (non-hydrogen) atoms. The van der Waals surface area contributed by atoms with Crippen molar-refractivity contribution in [2.24, 2.45) is 10.8 Å². The van der Waals surface area contributed by atoms with Gasteiger partial charge in [-0.1, -0.05) is 27.7 Å². The lowest BCUT2D eigenvalue weighted by atomic mass is 10.0. The van der Waals surface area contributed by atoms with E-state index in [0.717, 1.165) is 5.82 Å². The van der Waals surface area contributed by atoms with Crippen LogP contribution in [0.5, 0.6) is 0 Å². The van der Waals surface area contributed by atoms with Gasteiger partial charge >= 0.3 is 5.97 Å². The maximum Gasteiger partial charge on any atom is 0.338 e. The molecular formula is C14H17N3O2. The van der Waals surface area contributed by atoms with Crippen molar-refractivity contribution in [2.45, 2.75) is 33.6 Å². The zero-order valence-corrected chi connectivity index (χ0v) is 11.5. The number of carboxylic acid groups (broad SMARTS) is 1. The lowest BCUT2D eigenvalue weighted by molar-refractivity contribution is 0.0698. The van der Waals surface area contributed by atoms with Gasteiger partial charge in [0.1, 0.15) is 5.82 Å². The molecular weight excluding hydrogens is 242 g/mol. The summed E-state index contributed by atoms with van der Waals surface area (Å²) in [4.78, 5) is 23.0. The average molecular weight is 259 g/mol. The van der Waals surface area contributed by atoms with Crippen LogP contribution in [0.2, 0.25) is 0 Å². The van der Waals surface area contributed by atoms with Gasteiger partial charge in [0.2, 0.25) is 0 Å². The molecule has 0 amide bonds. The Morgan fingerprint density at radius 1 is 1.32 bits per heavy atom. The standard InChI is InChI=1S/C14H17N3O2/c1-13(2)9(14(13,3)4)11-16-8-7(12(18)19)5-6-15-10(8)17-11/h5-6,9H,1-4H3,(H,18,19)(H,15,16,17). The Bertz CT molecular complexity index is 671. The highest BCUT2D eigenvalue weighted by molar-refractivity contribution is 5.99. The second-order valence-corrected chi connectivity index (χ2v) is 6.36. The molecule has 100 valence electrons. The Hall–Kier alpha value is -1.91. The maximum absolute atomic E-state index is 11.2. The lowest BCUT2D eigenvalue weighted by Gasteiger charge is -2.03. The summed E-state index contributed by atoms with van der Waals surface area (Å²) in [7, 11) is 0. The topological polar surface area (TPSA) is 78.9 Å². The van der Waals surface area contributed by atoms with E-state index in [1.165, 1.54) is 12.3 Å². The number of hydrogen-bond acceptors (Lipinski definition) is 3. The van der Waals surface area contributed by atoms with E-state index >= 15 is 0 Å². The quantitative estimate of drug-likeness (QED) is 0.869. The van der Waals surface area contributed by atoms with Crippen LogP contribution in [0, 0.1) is 10.8 Å². The molecule has 2 aromatic heterocycles. The van der Waals surface area contributed by atoms with Crippen LogP contribution in [-0.4, -0.2) is 26.0 Å². The van der Waals surface area contributed by atoms with Gasteiger partial charge in [-0.3, -0.25) is 0 Å². The number of carboxylic acids is 1. The molecule has 1 saturated carbocycles. The largest absolute Gasteiger partial charge is 0.478 e. The zero-order valence-electron chi connectivity index (χ0n) is 11.5. The van der Waals surface area contributed by atoms with Gasteiger partial charge in [0.15, 0.2) is 5.65 Å². The number of imidazole rings is 1. The first-order valence-corrected chi connectivity index (χ1v) is 6.34. The molecule has 0 saturated heterocycles. The minimum Gasteiger partial charge on any atom is -0.478 e. The molecule has 0 unspecified atom stereocenters. The number of H-pyrrole nitrogens is 1. The van der Waals surface area contributed by atoms with E-state index in [1.807, 2.05) is 0 Å². The summed E-state index contributed by atoms with van der Waals surface area (Å²) in [6.07, 6.45) is 1.49. The third kappa shape index (κ3) is 1.44. The van der Waals surface area contributed by atoms with Gasteiger partial charge in [-0.15, -0.1) is 0 Å². The smallest absolute Gasteiger partial charge is 0.338 e. The third-order valence-electron chi connectivity index (χ3n) is 4.93. The van der Waals surface area contributed by atoms with Crippen LogP contribution < -0.4 is 0 Å². The fourth-order valence-corrected chi connectivity index (χ4v) is 3.12. The summed E-state index contributed by atoms with van der Waals surface area (Å²) in [6.45, 7) is 8.82. The predicted octanol–water partition coefficient (Wildman–Crippen LogP) is 2.81. The molecule has 5 nitrogen and oxygen atoms in total. The summed E-state index contributed by atoms with van der Waals surface area (Å²) < 4.78 is 0. The van der Waals surface area contributed by atoms with Gasteiger partial charge in [-0.05, 0) is 16.9 Å². The minimum atomic E-state index is -0.961. The average Bonchev–Trinajstić information content (AvgIpc) is 2.63. The number of hydrogen-bond donors (Lipinski definition) is 2. The molecule has 2 heterocycles. The van der Waals surface area contributed by atoms with Crippen molar-refractivity contribution in [3.8, 4) is 0 Å². The highest BCUT2D eigenvalue weighted by atomic mass is 16.4. The number of carbonyl (C=O) groups is 1. The molecule has 1 aliphatic rings. The van der Waals surface area contributed by atoms with Crippen molar-refractivity contribution in [1.29, 1.82) is 0 Å². The number of nitrogens with zero attached hydrogens (tertiary/aromatic N) is 2. The first-order chi connectivity index (χ1) is 8.76. The first kappa shape index (κ1) is 12.1. The second-order valence-electron chi connectivity index (χ2n) is 6.36. The summed E-state index contributed by atoms with van der Waals surface area (Å²) in [5.74, 6) is 0.180. The molecule has 2 aromatic rings. The highest BCUT2D eigenvalue weighted by Gasteiger charge is 2.66. The number of rotatable bonds is 2. The van der Waals surface area contributed by atoms with Crippen molar-refractivity contribution in [3.63, 3.8) is 0 Å². The third-order valence-corrected chi connectivity index (χ3v) is 4.93. The second kappa shape index (κ2) is 3.35. The normalized spacial score (nSPS) is 20.6. The monoisotopic (exact) mass is 259 g/mol. The Balaban J connectivity index is 2.14. The number of aromatic amines is 1. The SMILES string of the molecule is CC1(C)C(c2nc3nccc(C(=O)O)c3[nH]2)C1(C)C. The first-order valence-electron chi connectivity index (χ1n) is 6.34. The molecule has 1 aliphatic carbocycles. The number of aromatic nitrogens is 3. The van der Waals surface area contributed by atoms with Crippen LogP contribution in [0.3, 0.4) is 0 Å². The number of nitrogens with one attached hydrogen (secondary N) is 1. The molecule has 0 aliphatic heterocycles. The van der Waals surface area contributed by atoms with E-state index in [0.29, 0.717) is 17.1 Å². The number of aromatic carboxylic acids is 1. The van der Waals surface area contributed by atoms with Crippen LogP contribution in [0.15, 0.2) is 12.3 Å². The van der Waals surface area contributed by atoms with Crippen molar-refractivity contribution < 1.29 is 9.90 Å². The molecule has 5 heteroatoms. The molecule has 0 radical (unpaired) electrons. The van der Waals surface area contributed by atoms with Crippen molar-refractivity contribution in [2.75, 3.05) is 0 Å². The number of pyridine rings is 1. The molecule has 0 atom stereocenters. The van der Waals surface area contributed by atoms with Crippen LogP contribution >= 0.6 is 0 Å². The summed E-state index contributed by atoms with van der Waals surface area (Å²) in [5, 5.41) is 9.18. The van der Waals surface area contributed by atoms with E-state index in [4.69, 9.17) is 0 Å². The van der Waals surface area contributed by atoms with Gasteiger partial charge in [-0.25, -0.2) is 14.8 Å². The van der Waals surface area contributed by atoms with E-state index < -0.39 is 5.97 Å². The van der Waals surface area contributed by atoms with Crippen molar-refractivity contribution in [1.82, 2.24) is 15.0 Å². The van der Waals surface area contributed by atoms with Crippen LogP contribution in [0.4, 0.5) is 0 Å². The fraction of sp³-hybridized carbons (Fsp3) is 0.500. The van der Waals surface area contributed by atoms with Gasteiger partial charge in [0, 0.05) is 12.1 Å². The van der Waals surface area contributed by atoms with Crippen molar-refractivity contribution >= 4 is 17.1 Å². The Kier molecular flexibility index (Phi) is 2.14. The molecule has 0 aromatic carbocycles. The van der Waals surface area contributed by atoms with Crippen LogP contribution in [-0.2, 0) is 0 Å². The fourth-order valence-electron chi connectivity index (χ4n) is 3.12. The van der Waals surface area contributed by atoms with Crippen LogP contribution in [0.1, 0.15) is 49.8 Å². The highest BCUT2D eigenvalue weighted by Crippen LogP contribution is 2.73. The molecule has 1 fully saturated rings. The van der Waals surface area contributed by atoms with Crippen molar-refractivity contribution in [3.05, 3.63) is 23.7 Å². The summed E-state index contributed by atoms with van der Waals surface area (Å²) >= 11 is 0. The van der Waals surface area contributed by atoms with E-state index in [9.17, 15) is 9.90 Å². The van der Waals surface area contributed by atoms with Gasteiger partial charge in [0.25, 0.3) is 0 Å². The van der Waals surface area contributed by atoms with E-state index in [2.05, 4.69) is 42.6 Å². The maximum atomic E-state index is 11.2. The Morgan fingerprint density at radius 3 is 2.47 bits per heavy atom.